The Kier molecular flexibility index (Phi) is 4.51. The minimum atomic E-state index is -4.32. The summed E-state index contributed by atoms with van der Waals surface area (Å²) in [6.07, 6.45) is -4.32. The number of aryl methyl sites for hydroxylation is 1. The Balaban J connectivity index is 2.01. The first kappa shape index (κ1) is 16.8. The van der Waals surface area contributed by atoms with E-state index in [0.717, 1.165) is 44.0 Å². The van der Waals surface area contributed by atoms with E-state index in [-0.39, 0.29) is 0 Å². The number of alkyl halides is 3. The molecule has 2 nitrogen and oxygen atoms in total. The molecule has 0 saturated heterocycles. The smallest absolute Gasteiger partial charge is 0.416 e. The molecule has 0 unspecified atom stereocenters. The second-order valence-electron chi connectivity index (χ2n) is 5.40. The van der Waals surface area contributed by atoms with E-state index in [9.17, 15) is 13.2 Å². The molecule has 0 spiro atoms. The van der Waals surface area contributed by atoms with Crippen LogP contribution in [-0.4, -0.2) is 13.2 Å². The van der Waals surface area contributed by atoms with Crippen LogP contribution >= 0.6 is 11.3 Å². The quantitative estimate of drug-likeness (QED) is 0.698. The van der Waals surface area contributed by atoms with Crippen LogP contribution in [0.3, 0.4) is 0 Å². The molecular formula is C18H16F3NOS. The van der Waals surface area contributed by atoms with Crippen LogP contribution in [0.5, 0.6) is 5.75 Å². The number of hydrogen-bond donors (Lipinski definition) is 1. The molecule has 0 atom stereocenters. The van der Waals surface area contributed by atoms with E-state index >= 15 is 0 Å². The number of fused-ring (bicyclic) bond motifs is 1. The van der Waals surface area contributed by atoms with Gasteiger partial charge in [-0.15, -0.1) is 11.3 Å². The number of nitrogens with two attached hydrogens (primary N) is 1. The number of rotatable bonds is 4. The summed E-state index contributed by atoms with van der Waals surface area (Å²) in [6, 6.07) is 11.0. The summed E-state index contributed by atoms with van der Waals surface area (Å²) in [6.45, 7) is 2.86. The van der Waals surface area contributed by atoms with Crippen LogP contribution in [0.25, 0.3) is 21.2 Å². The molecule has 2 aromatic carbocycles. The highest BCUT2D eigenvalue weighted by Crippen LogP contribution is 2.40. The normalized spacial score (nSPS) is 11.9. The standard InChI is InChI=1S/C18H16F3NOS/c1-11-17(12-2-4-13(5-3-12)18(19,20)21)15-7-6-14(23-9-8-22)10-16(15)24-11/h2-7,10H,8-9,22H2,1H3. The molecular weight excluding hydrogens is 335 g/mol. The van der Waals surface area contributed by atoms with Crippen molar-refractivity contribution in [2.24, 2.45) is 5.73 Å². The zero-order chi connectivity index (χ0) is 17.3. The minimum Gasteiger partial charge on any atom is -0.492 e. The largest absolute Gasteiger partial charge is 0.492 e. The van der Waals surface area contributed by atoms with Crippen molar-refractivity contribution in [3.05, 3.63) is 52.9 Å². The summed E-state index contributed by atoms with van der Waals surface area (Å²) < 4.78 is 44.7. The fraction of sp³-hybridized carbons (Fsp3) is 0.222. The average Bonchev–Trinajstić information content (AvgIpc) is 2.87. The van der Waals surface area contributed by atoms with E-state index in [1.54, 1.807) is 11.3 Å². The molecule has 0 radical (unpaired) electrons. The van der Waals surface area contributed by atoms with Crippen LogP contribution in [0.2, 0.25) is 0 Å². The van der Waals surface area contributed by atoms with Gasteiger partial charge in [-0.2, -0.15) is 13.2 Å². The Morgan fingerprint density at radius 1 is 1.08 bits per heavy atom. The molecule has 2 N–H and O–H groups in total. The lowest BCUT2D eigenvalue weighted by atomic mass is 10.0. The number of thiophene rings is 1. The second-order valence-corrected chi connectivity index (χ2v) is 6.66. The number of ether oxygens (including phenoxy) is 1. The highest BCUT2D eigenvalue weighted by molar-refractivity contribution is 7.19. The van der Waals surface area contributed by atoms with Crippen LogP contribution < -0.4 is 10.5 Å². The van der Waals surface area contributed by atoms with Gasteiger partial charge in [0.1, 0.15) is 12.4 Å². The molecule has 0 amide bonds. The fourth-order valence-electron chi connectivity index (χ4n) is 2.65. The Bertz CT molecular complexity index is 853. The molecule has 3 rings (SSSR count). The molecule has 1 aromatic heterocycles. The van der Waals surface area contributed by atoms with E-state index < -0.39 is 11.7 Å². The summed E-state index contributed by atoms with van der Waals surface area (Å²) >= 11 is 1.60. The van der Waals surface area contributed by atoms with Crippen molar-refractivity contribution in [3.63, 3.8) is 0 Å². The number of benzene rings is 2. The predicted octanol–water partition coefficient (Wildman–Crippen LogP) is 5.23. The van der Waals surface area contributed by atoms with Crippen LogP contribution in [0.4, 0.5) is 13.2 Å². The van der Waals surface area contributed by atoms with Crippen molar-refractivity contribution in [3.8, 4) is 16.9 Å². The first-order valence-electron chi connectivity index (χ1n) is 7.44. The van der Waals surface area contributed by atoms with Gasteiger partial charge in [0.25, 0.3) is 0 Å². The van der Waals surface area contributed by atoms with Crippen LogP contribution in [-0.2, 0) is 6.18 Å². The van der Waals surface area contributed by atoms with E-state index in [1.165, 1.54) is 12.1 Å². The highest BCUT2D eigenvalue weighted by Gasteiger charge is 2.30. The summed E-state index contributed by atoms with van der Waals surface area (Å²) in [7, 11) is 0. The van der Waals surface area contributed by atoms with Gasteiger partial charge in [0.15, 0.2) is 0 Å². The van der Waals surface area contributed by atoms with Crippen LogP contribution in [0.15, 0.2) is 42.5 Å². The van der Waals surface area contributed by atoms with Crippen molar-refractivity contribution in [1.82, 2.24) is 0 Å². The predicted molar refractivity (Wildman–Crippen MR) is 91.5 cm³/mol. The zero-order valence-corrected chi connectivity index (χ0v) is 13.8. The van der Waals surface area contributed by atoms with E-state index in [1.807, 2.05) is 25.1 Å². The maximum atomic E-state index is 12.7. The van der Waals surface area contributed by atoms with Crippen LogP contribution in [0.1, 0.15) is 10.4 Å². The third-order valence-electron chi connectivity index (χ3n) is 3.73. The van der Waals surface area contributed by atoms with Crippen molar-refractivity contribution in [1.29, 1.82) is 0 Å². The lowest BCUT2D eigenvalue weighted by molar-refractivity contribution is -0.137. The van der Waals surface area contributed by atoms with Crippen molar-refractivity contribution < 1.29 is 17.9 Å². The fourth-order valence-corrected chi connectivity index (χ4v) is 3.77. The van der Waals surface area contributed by atoms with Gasteiger partial charge in [-0.3, -0.25) is 0 Å². The van der Waals surface area contributed by atoms with Crippen molar-refractivity contribution in [2.45, 2.75) is 13.1 Å². The maximum absolute atomic E-state index is 12.7. The van der Waals surface area contributed by atoms with Gasteiger partial charge in [0.05, 0.1) is 5.56 Å². The molecule has 0 aliphatic rings. The molecule has 0 aliphatic heterocycles. The third-order valence-corrected chi connectivity index (χ3v) is 4.79. The van der Waals surface area contributed by atoms with E-state index in [0.29, 0.717) is 13.2 Å². The summed E-state index contributed by atoms with van der Waals surface area (Å²) in [5.41, 5.74) is 6.54. The van der Waals surface area contributed by atoms with E-state index in [2.05, 4.69) is 0 Å². The molecule has 0 bridgehead atoms. The topological polar surface area (TPSA) is 35.2 Å². The minimum absolute atomic E-state index is 0.443. The third kappa shape index (κ3) is 3.25. The summed E-state index contributed by atoms with van der Waals surface area (Å²) in [4.78, 5) is 1.06. The second kappa shape index (κ2) is 6.45. The Hall–Kier alpha value is -2.05. The Labute approximate surface area is 141 Å². The molecule has 24 heavy (non-hydrogen) atoms. The molecule has 3 aromatic rings. The molecule has 0 fully saturated rings. The van der Waals surface area contributed by atoms with Crippen LogP contribution in [0, 0.1) is 6.92 Å². The molecule has 6 heteroatoms. The SMILES string of the molecule is Cc1sc2cc(OCCN)ccc2c1-c1ccc(C(F)(F)F)cc1. The monoisotopic (exact) mass is 351 g/mol. The van der Waals surface area contributed by atoms with E-state index in [4.69, 9.17) is 10.5 Å². The highest BCUT2D eigenvalue weighted by atomic mass is 32.1. The number of hydrogen-bond acceptors (Lipinski definition) is 3. The lowest BCUT2D eigenvalue weighted by Crippen LogP contribution is -2.10. The first-order chi connectivity index (χ1) is 11.4. The van der Waals surface area contributed by atoms with Gasteiger partial charge >= 0.3 is 6.18 Å². The van der Waals surface area contributed by atoms with Crippen molar-refractivity contribution >= 4 is 21.4 Å². The Morgan fingerprint density at radius 3 is 2.42 bits per heavy atom. The van der Waals surface area contributed by atoms with Gasteiger partial charge < -0.3 is 10.5 Å². The average molecular weight is 351 g/mol. The Morgan fingerprint density at radius 2 is 1.79 bits per heavy atom. The van der Waals surface area contributed by atoms with Gasteiger partial charge in [-0.25, -0.2) is 0 Å². The van der Waals surface area contributed by atoms with Gasteiger partial charge in [0.2, 0.25) is 0 Å². The summed E-state index contributed by atoms with van der Waals surface area (Å²) in [5, 5.41) is 1.01. The van der Waals surface area contributed by atoms with Gasteiger partial charge in [0, 0.05) is 27.1 Å². The molecule has 126 valence electrons. The summed E-state index contributed by atoms with van der Waals surface area (Å²) in [5.74, 6) is 0.744. The van der Waals surface area contributed by atoms with Crippen molar-refractivity contribution in [2.75, 3.05) is 13.2 Å². The van der Waals surface area contributed by atoms with Gasteiger partial charge in [-0.05, 0) is 42.8 Å². The number of halogens is 3. The van der Waals surface area contributed by atoms with Gasteiger partial charge in [-0.1, -0.05) is 12.1 Å². The zero-order valence-electron chi connectivity index (χ0n) is 13.0. The molecule has 0 aliphatic carbocycles. The maximum Gasteiger partial charge on any atom is 0.416 e. The molecule has 0 saturated carbocycles. The lowest BCUT2D eigenvalue weighted by Gasteiger charge is -2.08. The first-order valence-corrected chi connectivity index (χ1v) is 8.25. The molecule has 1 heterocycles.